The van der Waals surface area contributed by atoms with Crippen molar-refractivity contribution in [3.8, 4) is 11.4 Å². The summed E-state index contributed by atoms with van der Waals surface area (Å²) in [4.78, 5) is 6.76. The molecule has 1 N–H and O–H groups in total. The lowest BCUT2D eigenvalue weighted by molar-refractivity contribution is 0.202. The van der Waals surface area contributed by atoms with E-state index in [0.717, 1.165) is 49.7 Å². The number of hydrogen-bond acceptors (Lipinski definition) is 5. The third-order valence-corrected chi connectivity index (χ3v) is 4.78. The highest BCUT2D eigenvalue weighted by Gasteiger charge is 2.22. The van der Waals surface area contributed by atoms with Gasteiger partial charge in [-0.2, -0.15) is 10.2 Å². The number of methoxy groups -OCH3 is 1. The molecule has 0 amide bonds. The van der Waals surface area contributed by atoms with Gasteiger partial charge in [0.2, 0.25) is 0 Å². The minimum Gasteiger partial charge on any atom is -0.494 e. The zero-order valence-electron chi connectivity index (χ0n) is 14.3. The number of piperidine rings is 1. The molecule has 130 valence electrons. The summed E-state index contributed by atoms with van der Waals surface area (Å²) in [7, 11) is 1.68. The third kappa shape index (κ3) is 3.41. The van der Waals surface area contributed by atoms with Gasteiger partial charge in [0.1, 0.15) is 23.6 Å². The van der Waals surface area contributed by atoms with E-state index in [1.54, 1.807) is 13.4 Å². The standard InChI is InChI=1S/C18H22N6O/c1-25-17-5-3-2-4-16(17)24-12-14(10-21-24)11-23-8-6-15(7-9-23)18-19-13-20-22-18/h2-5,10,12-13,15H,6-9,11H2,1H3,(H,19,20,22). The van der Waals surface area contributed by atoms with Crippen molar-refractivity contribution in [1.29, 1.82) is 0 Å². The minimum atomic E-state index is 0.495. The summed E-state index contributed by atoms with van der Waals surface area (Å²) in [6.45, 7) is 3.04. The SMILES string of the molecule is COc1ccccc1-n1cc(CN2CCC(c3ncn[nH]3)CC2)cn1. The number of rotatable bonds is 5. The van der Waals surface area contributed by atoms with Crippen molar-refractivity contribution < 1.29 is 4.74 Å². The van der Waals surface area contributed by atoms with E-state index < -0.39 is 0 Å². The smallest absolute Gasteiger partial charge is 0.144 e. The molecule has 0 atom stereocenters. The Balaban J connectivity index is 1.39. The lowest BCUT2D eigenvalue weighted by Gasteiger charge is -2.30. The van der Waals surface area contributed by atoms with Gasteiger partial charge in [0.15, 0.2) is 0 Å². The minimum absolute atomic E-state index is 0.495. The van der Waals surface area contributed by atoms with Gasteiger partial charge in [-0.1, -0.05) is 12.1 Å². The first kappa shape index (κ1) is 15.8. The molecular formula is C18H22N6O. The van der Waals surface area contributed by atoms with Gasteiger partial charge in [0.25, 0.3) is 0 Å². The number of nitrogens with one attached hydrogen (secondary N) is 1. The maximum absolute atomic E-state index is 5.42. The van der Waals surface area contributed by atoms with Crippen LogP contribution in [0.5, 0.6) is 5.75 Å². The lowest BCUT2D eigenvalue weighted by Crippen LogP contribution is -2.32. The Labute approximate surface area is 146 Å². The number of benzene rings is 1. The van der Waals surface area contributed by atoms with Crippen molar-refractivity contribution in [3.05, 3.63) is 54.4 Å². The summed E-state index contributed by atoms with van der Waals surface area (Å²) < 4.78 is 7.31. The van der Waals surface area contributed by atoms with Crippen LogP contribution in [-0.4, -0.2) is 50.1 Å². The summed E-state index contributed by atoms with van der Waals surface area (Å²) in [6.07, 6.45) is 7.83. The molecular weight excluding hydrogens is 316 g/mol. The molecule has 0 unspecified atom stereocenters. The van der Waals surface area contributed by atoms with Gasteiger partial charge >= 0.3 is 0 Å². The maximum Gasteiger partial charge on any atom is 0.144 e. The molecule has 25 heavy (non-hydrogen) atoms. The number of hydrogen-bond donors (Lipinski definition) is 1. The molecule has 7 nitrogen and oxygen atoms in total. The molecule has 0 spiro atoms. The first-order valence-electron chi connectivity index (χ1n) is 8.58. The molecule has 2 aromatic heterocycles. The van der Waals surface area contributed by atoms with Gasteiger partial charge in [-0.05, 0) is 38.1 Å². The molecule has 7 heteroatoms. The summed E-state index contributed by atoms with van der Waals surface area (Å²) >= 11 is 0. The maximum atomic E-state index is 5.42. The normalized spacial score (nSPS) is 16.2. The van der Waals surface area contributed by atoms with Crippen LogP contribution in [0.1, 0.15) is 30.1 Å². The first-order valence-corrected chi connectivity index (χ1v) is 8.58. The fourth-order valence-electron chi connectivity index (χ4n) is 3.43. The van der Waals surface area contributed by atoms with E-state index in [9.17, 15) is 0 Å². The second-order valence-corrected chi connectivity index (χ2v) is 6.39. The average Bonchev–Trinajstić information content (AvgIpc) is 3.34. The van der Waals surface area contributed by atoms with Gasteiger partial charge < -0.3 is 4.74 Å². The van der Waals surface area contributed by atoms with E-state index in [4.69, 9.17) is 4.74 Å². The van der Waals surface area contributed by atoms with Crippen LogP contribution in [-0.2, 0) is 6.54 Å². The van der Waals surface area contributed by atoms with Crippen LogP contribution in [0.3, 0.4) is 0 Å². The number of aromatic amines is 1. The van der Waals surface area contributed by atoms with Gasteiger partial charge in [0.05, 0.1) is 13.3 Å². The van der Waals surface area contributed by atoms with Crippen molar-refractivity contribution >= 4 is 0 Å². The topological polar surface area (TPSA) is 71.9 Å². The van der Waals surface area contributed by atoms with E-state index in [1.807, 2.05) is 35.1 Å². The molecule has 0 saturated carbocycles. The van der Waals surface area contributed by atoms with Crippen LogP contribution >= 0.6 is 0 Å². The molecule has 1 fully saturated rings. The van der Waals surface area contributed by atoms with Crippen LogP contribution < -0.4 is 4.74 Å². The van der Waals surface area contributed by atoms with E-state index in [-0.39, 0.29) is 0 Å². The Kier molecular flexibility index (Phi) is 4.47. The van der Waals surface area contributed by atoms with Gasteiger partial charge in [-0.3, -0.25) is 10.00 Å². The summed E-state index contributed by atoms with van der Waals surface area (Å²) in [5.41, 5.74) is 2.17. The zero-order chi connectivity index (χ0) is 17.1. The lowest BCUT2D eigenvalue weighted by atomic mass is 9.96. The number of para-hydroxylation sites is 2. The predicted molar refractivity (Wildman–Crippen MR) is 93.8 cm³/mol. The van der Waals surface area contributed by atoms with Gasteiger partial charge in [0, 0.05) is 24.2 Å². The molecule has 0 aliphatic carbocycles. The highest BCUT2D eigenvalue weighted by molar-refractivity contribution is 5.46. The average molecular weight is 338 g/mol. The molecule has 1 aliphatic heterocycles. The Morgan fingerprint density at radius 2 is 2.08 bits per heavy atom. The van der Waals surface area contributed by atoms with E-state index in [1.165, 1.54) is 5.56 Å². The number of aromatic nitrogens is 5. The Morgan fingerprint density at radius 3 is 2.84 bits per heavy atom. The highest BCUT2D eigenvalue weighted by Crippen LogP contribution is 2.26. The molecule has 0 radical (unpaired) electrons. The molecule has 0 bridgehead atoms. The van der Waals surface area contributed by atoms with Crippen LogP contribution in [0.4, 0.5) is 0 Å². The molecule has 3 aromatic rings. The van der Waals surface area contributed by atoms with Gasteiger partial charge in [-0.25, -0.2) is 9.67 Å². The predicted octanol–water partition coefficient (Wildman–Crippen LogP) is 2.38. The van der Waals surface area contributed by atoms with Crippen LogP contribution in [0, 0.1) is 0 Å². The van der Waals surface area contributed by atoms with Crippen molar-refractivity contribution in [3.63, 3.8) is 0 Å². The van der Waals surface area contributed by atoms with Crippen molar-refractivity contribution in [1.82, 2.24) is 29.9 Å². The van der Waals surface area contributed by atoms with Crippen LogP contribution in [0.2, 0.25) is 0 Å². The van der Waals surface area contributed by atoms with Crippen molar-refractivity contribution in [2.24, 2.45) is 0 Å². The molecule has 1 aliphatic rings. The fraction of sp³-hybridized carbons (Fsp3) is 0.389. The quantitative estimate of drug-likeness (QED) is 0.773. The molecule has 4 rings (SSSR count). The molecule has 1 aromatic carbocycles. The van der Waals surface area contributed by atoms with Gasteiger partial charge in [-0.15, -0.1) is 0 Å². The Bertz CT molecular complexity index is 805. The van der Waals surface area contributed by atoms with E-state index in [2.05, 4.69) is 31.4 Å². The monoisotopic (exact) mass is 338 g/mol. The highest BCUT2D eigenvalue weighted by atomic mass is 16.5. The first-order chi connectivity index (χ1) is 12.3. The zero-order valence-corrected chi connectivity index (χ0v) is 14.3. The Morgan fingerprint density at radius 1 is 1.24 bits per heavy atom. The van der Waals surface area contributed by atoms with Crippen molar-refractivity contribution in [2.45, 2.75) is 25.3 Å². The largest absolute Gasteiger partial charge is 0.494 e. The summed E-state index contributed by atoms with van der Waals surface area (Å²) in [5.74, 6) is 2.34. The number of H-pyrrole nitrogens is 1. The van der Waals surface area contributed by atoms with E-state index >= 15 is 0 Å². The molecule has 3 heterocycles. The number of likely N-dealkylation sites (tertiary alicyclic amines) is 1. The van der Waals surface area contributed by atoms with Crippen LogP contribution in [0.25, 0.3) is 5.69 Å². The fourth-order valence-corrected chi connectivity index (χ4v) is 3.43. The number of ether oxygens (including phenoxy) is 1. The third-order valence-electron chi connectivity index (χ3n) is 4.78. The second-order valence-electron chi connectivity index (χ2n) is 6.39. The number of nitrogens with zero attached hydrogens (tertiary/aromatic N) is 5. The molecule has 1 saturated heterocycles. The second kappa shape index (κ2) is 7.06. The van der Waals surface area contributed by atoms with E-state index in [0.29, 0.717) is 5.92 Å². The summed E-state index contributed by atoms with van der Waals surface area (Å²) in [5, 5.41) is 11.5. The Hall–Kier alpha value is -2.67. The van der Waals surface area contributed by atoms with Crippen LogP contribution in [0.15, 0.2) is 43.0 Å². The summed E-state index contributed by atoms with van der Waals surface area (Å²) in [6, 6.07) is 7.92. The van der Waals surface area contributed by atoms with Crippen molar-refractivity contribution in [2.75, 3.05) is 20.2 Å².